The lowest BCUT2D eigenvalue weighted by Crippen LogP contribution is -2.11. The maximum Gasteiger partial charge on any atom is 0.212 e. The fourth-order valence-electron chi connectivity index (χ4n) is 2.26. The van der Waals surface area contributed by atoms with Crippen molar-refractivity contribution in [1.82, 2.24) is 0 Å². The first-order valence-corrected chi connectivity index (χ1v) is 9.36. The van der Waals surface area contributed by atoms with Gasteiger partial charge >= 0.3 is 0 Å². The molecule has 0 aliphatic carbocycles. The molecule has 0 N–H and O–H groups in total. The molecule has 0 atom stereocenters. The maximum absolute atomic E-state index is 5.89. The molecule has 0 amide bonds. The van der Waals surface area contributed by atoms with E-state index in [-0.39, 0.29) is 74.1 Å². The molecule has 0 unspecified atom stereocenters. The van der Waals surface area contributed by atoms with Gasteiger partial charge in [0.2, 0.25) is 34.5 Å². The third-order valence-electron chi connectivity index (χ3n) is 3.31. The Morgan fingerprint density at radius 1 is 0.333 bits per heavy atom. The molecule has 0 fully saturated rings. The van der Waals surface area contributed by atoms with Crippen LogP contribution >= 0.6 is 0 Å². The van der Waals surface area contributed by atoms with Gasteiger partial charge in [0.25, 0.3) is 0 Å². The first kappa shape index (κ1) is 24.5. The lowest BCUT2D eigenvalue weighted by Gasteiger charge is -2.24. The summed E-state index contributed by atoms with van der Waals surface area (Å²) in [6.07, 6.45) is 9.61. The lowest BCUT2D eigenvalue weighted by molar-refractivity contribution is 0.228. The molecule has 0 aromatic heterocycles. The van der Waals surface area contributed by atoms with E-state index in [0.717, 1.165) is 0 Å². The highest BCUT2D eigenvalue weighted by Gasteiger charge is 2.31. The van der Waals surface area contributed by atoms with Gasteiger partial charge in [-0.15, -0.1) is 0 Å². The summed E-state index contributed by atoms with van der Waals surface area (Å²) in [5, 5.41) is 0. The van der Waals surface area contributed by atoms with Gasteiger partial charge in [-0.1, -0.05) is 75.9 Å². The molecule has 6 heteroatoms. The molecule has 0 radical (unpaired) electrons. The van der Waals surface area contributed by atoms with Gasteiger partial charge in [-0.25, -0.2) is 0 Å². The lowest BCUT2D eigenvalue weighted by atomic mass is 10.2. The summed E-state index contributed by atoms with van der Waals surface area (Å²) >= 11 is 0. The number of rotatable bonds is 18. The van der Waals surface area contributed by atoms with Crippen LogP contribution in [0.5, 0.6) is 34.5 Å². The van der Waals surface area contributed by atoms with E-state index >= 15 is 0 Å². The van der Waals surface area contributed by atoms with Gasteiger partial charge in [0.1, 0.15) is 39.6 Å². The summed E-state index contributed by atoms with van der Waals surface area (Å²) in [5.41, 5.74) is 0. The molecule has 162 valence electrons. The van der Waals surface area contributed by atoms with Crippen molar-refractivity contribution in [1.29, 1.82) is 0 Å². The molecule has 0 aliphatic heterocycles. The minimum absolute atomic E-state index is 0.198. The summed E-state index contributed by atoms with van der Waals surface area (Å²) in [5.74, 6) is 1.68. The summed E-state index contributed by atoms with van der Waals surface area (Å²) in [7, 11) is 0. The van der Waals surface area contributed by atoms with Gasteiger partial charge in [-0.2, -0.15) is 0 Å². The monoisotopic (exact) mass is 414 g/mol. The predicted octanol–water partition coefficient (Wildman–Crippen LogP) is 5.08. The van der Waals surface area contributed by atoms with E-state index < -0.39 is 0 Å². The Labute approximate surface area is 179 Å². The second kappa shape index (κ2) is 14.5. The van der Waals surface area contributed by atoms with E-state index in [1.54, 1.807) is 36.5 Å². The van der Waals surface area contributed by atoms with Crippen LogP contribution in [0.3, 0.4) is 0 Å². The quantitative estimate of drug-likeness (QED) is 0.313. The fraction of sp³-hybridized carbons (Fsp3) is 0.250. The molecule has 1 aromatic rings. The summed E-state index contributed by atoms with van der Waals surface area (Å²) in [6, 6.07) is 0. The van der Waals surface area contributed by atoms with Crippen molar-refractivity contribution in [3.63, 3.8) is 0 Å². The molecule has 0 aliphatic rings. The third-order valence-corrected chi connectivity index (χ3v) is 3.31. The van der Waals surface area contributed by atoms with E-state index in [1.165, 1.54) is 0 Å². The highest BCUT2D eigenvalue weighted by molar-refractivity contribution is 5.74. The maximum atomic E-state index is 5.89. The Hall–Kier alpha value is -3.54. The molecule has 1 rings (SSSR count). The van der Waals surface area contributed by atoms with Gasteiger partial charge in [0.05, 0.1) is 0 Å². The van der Waals surface area contributed by atoms with Crippen molar-refractivity contribution in [2.45, 2.75) is 0 Å². The smallest absolute Gasteiger partial charge is 0.212 e. The Kier molecular flexibility index (Phi) is 11.8. The van der Waals surface area contributed by atoms with Crippen LogP contribution in [0.2, 0.25) is 0 Å². The predicted molar refractivity (Wildman–Crippen MR) is 121 cm³/mol. The molecule has 0 bridgehead atoms. The minimum atomic E-state index is 0.198. The fourth-order valence-corrected chi connectivity index (χ4v) is 2.26. The summed E-state index contributed by atoms with van der Waals surface area (Å²) < 4.78 is 35.3. The van der Waals surface area contributed by atoms with Crippen molar-refractivity contribution in [3.8, 4) is 34.5 Å². The molecular weight excluding hydrogens is 384 g/mol. The first-order valence-electron chi connectivity index (χ1n) is 9.36. The second-order valence-electron chi connectivity index (χ2n) is 5.57. The van der Waals surface area contributed by atoms with Crippen LogP contribution in [0, 0.1) is 0 Å². The Bertz CT molecular complexity index is 568. The number of hydrogen-bond acceptors (Lipinski definition) is 6. The molecule has 0 heterocycles. The van der Waals surface area contributed by atoms with E-state index in [4.69, 9.17) is 28.4 Å². The molecular formula is C24H30O6. The highest BCUT2D eigenvalue weighted by atomic mass is 16.6. The van der Waals surface area contributed by atoms with Gasteiger partial charge in [0.15, 0.2) is 0 Å². The van der Waals surface area contributed by atoms with Crippen LogP contribution in [0.4, 0.5) is 0 Å². The molecule has 1 aromatic carbocycles. The standard InChI is InChI=1S/C24H30O6/c1-7-13-25-19-20(26-14-8-2)22(28-16-10-4)24(30-18-12-6)23(29-17-11-5)21(19)27-15-9-3/h7-12H,1-6,13-18H2. The molecule has 0 saturated carbocycles. The Morgan fingerprint density at radius 3 is 0.567 bits per heavy atom. The highest BCUT2D eigenvalue weighted by Crippen LogP contribution is 2.58. The van der Waals surface area contributed by atoms with Crippen LogP contribution < -0.4 is 28.4 Å². The summed E-state index contributed by atoms with van der Waals surface area (Å²) in [4.78, 5) is 0. The van der Waals surface area contributed by atoms with Crippen molar-refractivity contribution < 1.29 is 28.4 Å². The zero-order chi connectivity index (χ0) is 22.2. The average molecular weight is 414 g/mol. The Morgan fingerprint density at radius 2 is 0.467 bits per heavy atom. The van der Waals surface area contributed by atoms with Crippen LogP contribution in [-0.2, 0) is 0 Å². The SMILES string of the molecule is C=CCOc1c(OCC=C)c(OCC=C)c(OCC=C)c(OCC=C)c1OCC=C. The number of ether oxygens (including phenoxy) is 6. The van der Waals surface area contributed by atoms with Gasteiger partial charge in [0, 0.05) is 0 Å². The first-order chi connectivity index (χ1) is 14.7. The second-order valence-corrected chi connectivity index (χ2v) is 5.57. The number of benzene rings is 1. The number of hydrogen-bond donors (Lipinski definition) is 0. The Balaban J connectivity index is 3.87. The van der Waals surface area contributed by atoms with Crippen molar-refractivity contribution in [2.24, 2.45) is 0 Å². The van der Waals surface area contributed by atoms with Crippen LogP contribution in [0.1, 0.15) is 0 Å². The van der Waals surface area contributed by atoms with Crippen LogP contribution in [0.25, 0.3) is 0 Å². The normalized spacial score (nSPS) is 9.60. The van der Waals surface area contributed by atoms with Crippen molar-refractivity contribution in [3.05, 3.63) is 75.9 Å². The minimum Gasteiger partial charge on any atom is -0.482 e. The largest absolute Gasteiger partial charge is 0.482 e. The van der Waals surface area contributed by atoms with E-state index in [2.05, 4.69) is 39.5 Å². The summed E-state index contributed by atoms with van der Waals surface area (Å²) in [6.45, 7) is 23.4. The molecule has 30 heavy (non-hydrogen) atoms. The van der Waals surface area contributed by atoms with Crippen molar-refractivity contribution >= 4 is 0 Å². The van der Waals surface area contributed by atoms with Gasteiger partial charge in [-0.3, -0.25) is 0 Å². The molecule has 0 saturated heterocycles. The van der Waals surface area contributed by atoms with Gasteiger partial charge < -0.3 is 28.4 Å². The van der Waals surface area contributed by atoms with E-state index in [0.29, 0.717) is 0 Å². The third kappa shape index (κ3) is 6.81. The van der Waals surface area contributed by atoms with E-state index in [9.17, 15) is 0 Å². The van der Waals surface area contributed by atoms with Crippen LogP contribution in [-0.4, -0.2) is 39.6 Å². The molecule has 0 spiro atoms. The topological polar surface area (TPSA) is 55.4 Å². The van der Waals surface area contributed by atoms with Crippen LogP contribution in [0.15, 0.2) is 75.9 Å². The zero-order valence-electron chi connectivity index (χ0n) is 17.4. The van der Waals surface area contributed by atoms with E-state index in [1.807, 2.05) is 0 Å². The van der Waals surface area contributed by atoms with Crippen molar-refractivity contribution in [2.75, 3.05) is 39.6 Å². The average Bonchev–Trinajstić information content (AvgIpc) is 2.76. The van der Waals surface area contributed by atoms with Gasteiger partial charge in [-0.05, 0) is 0 Å². The molecule has 6 nitrogen and oxygen atoms in total. The zero-order valence-corrected chi connectivity index (χ0v) is 17.4.